The minimum atomic E-state index is -0.0983. The first-order valence-electron chi connectivity index (χ1n) is 5.97. The Morgan fingerprint density at radius 1 is 1.33 bits per heavy atom. The van der Waals surface area contributed by atoms with E-state index in [4.69, 9.17) is 0 Å². The molecule has 0 amide bonds. The van der Waals surface area contributed by atoms with Crippen molar-refractivity contribution in [2.75, 3.05) is 7.05 Å². The molecule has 1 aromatic carbocycles. The lowest BCUT2D eigenvalue weighted by atomic mass is 10.1. The van der Waals surface area contributed by atoms with Crippen LogP contribution in [0.25, 0.3) is 0 Å². The first-order valence-corrected chi connectivity index (χ1v) is 5.97. The van der Waals surface area contributed by atoms with Crippen LogP contribution in [0.4, 0.5) is 0 Å². The number of nitrogens with zero attached hydrogens (tertiary/aromatic N) is 1. The van der Waals surface area contributed by atoms with Crippen molar-refractivity contribution < 1.29 is 0 Å². The Morgan fingerprint density at radius 3 is 2.83 bits per heavy atom. The van der Waals surface area contributed by atoms with Gasteiger partial charge < -0.3 is 10.3 Å². The lowest BCUT2D eigenvalue weighted by Gasteiger charge is -2.06. The summed E-state index contributed by atoms with van der Waals surface area (Å²) in [6, 6.07) is 9.65. The van der Waals surface area contributed by atoms with Crippen LogP contribution < -0.4 is 10.9 Å². The third-order valence-electron chi connectivity index (χ3n) is 2.82. The molecule has 0 radical (unpaired) electrons. The third-order valence-corrected chi connectivity index (χ3v) is 2.82. The van der Waals surface area contributed by atoms with Crippen molar-refractivity contribution in [1.29, 1.82) is 0 Å². The van der Waals surface area contributed by atoms with Crippen LogP contribution in [0.2, 0.25) is 0 Å². The average Bonchev–Trinajstić information content (AvgIpc) is 2.32. The van der Waals surface area contributed by atoms with E-state index in [1.165, 1.54) is 17.2 Å². The lowest BCUT2D eigenvalue weighted by molar-refractivity contribution is 0.767. The van der Waals surface area contributed by atoms with E-state index in [2.05, 4.69) is 34.3 Å². The Morgan fingerprint density at radius 2 is 2.11 bits per heavy atom. The van der Waals surface area contributed by atoms with E-state index in [-0.39, 0.29) is 5.56 Å². The maximum atomic E-state index is 11.5. The molecular formula is C14H17N3O. The van der Waals surface area contributed by atoms with Crippen molar-refractivity contribution in [2.45, 2.75) is 19.9 Å². The number of aromatic nitrogens is 2. The molecule has 2 aromatic rings. The van der Waals surface area contributed by atoms with Crippen LogP contribution in [0.1, 0.15) is 22.6 Å². The molecule has 0 atom stereocenters. The van der Waals surface area contributed by atoms with Gasteiger partial charge in [-0.25, -0.2) is 4.98 Å². The standard InChI is InChI=1S/C14H17N3O/c1-10-5-3-4-6-11(10)7-13-16-12(9-15-2)8-14(18)17-13/h3-6,8,15H,7,9H2,1-2H3,(H,16,17,18). The van der Waals surface area contributed by atoms with Gasteiger partial charge in [-0.05, 0) is 25.1 Å². The van der Waals surface area contributed by atoms with Gasteiger partial charge >= 0.3 is 0 Å². The van der Waals surface area contributed by atoms with Crippen LogP contribution in [0, 0.1) is 6.92 Å². The number of H-pyrrole nitrogens is 1. The molecule has 0 aliphatic carbocycles. The summed E-state index contributed by atoms with van der Waals surface area (Å²) < 4.78 is 0. The Bertz CT molecular complexity index is 590. The molecule has 2 N–H and O–H groups in total. The topological polar surface area (TPSA) is 57.8 Å². The summed E-state index contributed by atoms with van der Waals surface area (Å²) in [6.45, 7) is 2.66. The highest BCUT2D eigenvalue weighted by Gasteiger charge is 2.04. The highest BCUT2D eigenvalue weighted by atomic mass is 16.1. The molecular weight excluding hydrogens is 226 g/mol. The predicted molar refractivity (Wildman–Crippen MR) is 71.6 cm³/mol. The third kappa shape index (κ3) is 3.05. The predicted octanol–water partition coefficient (Wildman–Crippen LogP) is 1.39. The number of aryl methyl sites for hydroxylation is 1. The number of benzene rings is 1. The largest absolute Gasteiger partial charge is 0.314 e. The molecule has 94 valence electrons. The van der Waals surface area contributed by atoms with E-state index < -0.39 is 0 Å². The molecule has 4 heteroatoms. The van der Waals surface area contributed by atoms with E-state index in [1.54, 1.807) is 0 Å². The van der Waals surface area contributed by atoms with Crippen LogP contribution in [0.3, 0.4) is 0 Å². The smallest absolute Gasteiger partial charge is 0.251 e. The zero-order valence-electron chi connectivity index (χ0n) is 10.7. The summed E-state index contributed by atoms with van der Waals surface area (Å²) in [7, 11) is 1.84. The maximum Gasteiger partial charge on any atom is 0.251 e. The van der Waals surface area contributed by atoms with Crippen LogP contribution >= 0.6 is 0 Å². The summed E-state index contributed by atoms with van der Waals surface area (Å²) in [5.41, 5.74) is 3.06. The Balaban J connectivity index is 2.29. The van der Waals surface area contributed by atoms with E-state index in [9.17, 15) is 4.79 Å². The number of aromatic amines is 1. The molecule has 0 saturated carbocycles. The molecule has 0 aliphatic rings. The van der Waals surface area contributed by atoms with Crippen LogP contribution in [0.5, 0.6) is 0 Å². The van der Waals surface area contributed by atoms with E-state index in [1.807, 2.05) is 19.2 Å². The summed E-state index contributed by atoms with van der Waals surface area (Å²) in [5.74, 6) is 0.710. The van der Waals surface area contributed by atoms with Gasteiger partial charge in [0.1, 0.15) is 5.82 Å². The van der Waals surface area contributed by atoms with Crippen molar-refractivity contribution in [2.24, 2.45) is 0 Å². The van der Waals surface area contributed by atoms with Crippen molar-refractivity contribution in [3.63, 3.8) is 0 Å². The van der Waals surface area contributed by atoms with Gasteiger partial charge in [0.05, 0.1) is 5.69 Å². The molecule has 2 rings (SSSR count). The van der Waals surface area contributed by atoms with E-state index in [0.29, 0.717) is 18.8 Å². The van der Waals surface area contributed by atoms with Gasteiger partial charge in [-0.3, -0.25) is 4.79 Å². The van der Waals surface area contributed by atoms with Crippen molar-refractivity contribution >= 4 is 0 Å². The Hall–Kier alpha value is -1.94. The van der Waals surface area contributed by atoms with Gasteiger partial charge in [-0.15, -0.1) is 0 Å². The normalized spacial score (nSPS) is 10.6. The fourth-order valence-electron chi connectivity index (χ4n) is 1.91. The molecule has 0 unspecified atom stereocenters. The van der Waals surface area contributed by atoms with E-state index >= 15 is 0 Å². The molecule has 18 heavy (non-hydrogen) atoms. The van der Waals surface area contributed by atoms with Gasteiger partial charge in [-0.1, -0.05) is 24.3 Å². The minimum absolute atomic E-state index is 0.0983. The molecule has 0 spiro atoms. The molecule has 0 saturated heterocycles. The van der Waals surface area contributed by atoms with Crippen molar-refractivity contribution in [1.82, 2.24) is 15.3 Å². The Kier molecular flexibility index (Phi) is 3.89. The van der Waals surface area contributed by atoms with Gasteiger partial charge in [-0.2, -0.15) is 0 Å². The number of nitrogens with one attached hydrogen (secondary N) is 2. The lowest BCUT2D eigenvalue weighted by Crippen LogP contribution is -2.16. The zero-order chi connectivity index (χ0) is 13.0. The molecule has 1 aromatic heterocycles. The summed E-state index contributed by atoms with van der Waals surface area (Å²) in [4.78, 5) is 18.8. The Labute approximate surface area is 106 Å². The van der Waals surface area contributed by atoms with E-state index in [0.717, 1.165) is 5.69 Å². The van der Waals surface area contributed by atoms with Crippen LogP contribution in [-0.2, 0) is 13.0 Å². The van der Waals surface area contributed by atoms with Crippen molar-refractivity contribution in [3.8, 4) is 0 Å². The van der Waals surface area contributed by atoms with Crippen LogP contribution in [0.15, 0.2) is 35.1 Å². The molecule has 1 heterocycles. The monoisotopic (exact) mass is 243 g/mol. The second-order valence-electron chi connectivity index (χ2n) is 4.32. The number of hydrogen-bond acceptors (Lipinski definition) is 3. The SMILES string of the molecule is CNCc1cc(=O)[nH]c(Cc2ccccc2C)n1. The highest BCUT2D eigenvalue weighted by molar-refractivity contribution is 5.28. The molecule has 0 bridgehead atoms. The first-order chi connectivity index (χ1) is 8.69. The quantitative estimate of drug-likeness (QED) is 0.853. The number of hydrogen-bond donors (Lipinski definition) is 2. The molecule has 0 fully saturated rings. The molecule has 0 aliphatic heterocycles. The zero-order valence-corrected chi connectivity index (χ0v) is 10.7. The second kappa shape index (κ2) is 5.60. The first kappa shape index (κ1) is 12.5. The maximum absolute atomic E-state index is 11.5. The second-order valence-corrected chi connectivity index (χ2v) is 4.32. The van der Waals surface area contributed by atoms with Gasteiger partial charge in [0, 0.05) is 19.0 Å². The van der Waals surface area contributed by atoms with Gasteiger partial charge in [0.25, 0.3) is 5.56 Å². The van der Waals surface area contributed by atoms with Crippen molar-refractivity contribution in [3.05, 3.63) is 63.3 Å². The van der Waals surface area contributed by atoms with Gasteiger partial charge in [0.2, 0.25) is 0 Å². The summed E-state index contributed by atoms with van der Waals surface area (Å²) >= 11 is 0. The average molecular weight is 243 g/mol. The molecule has 4 nitrogen and oxygen atoms in total. The number of rotatable bonds is 4. The summed E-state index contributed by atoms with van der Waals surface area (Å²) in [5, 5.41) is 3.00. The fourth-order valence-corrected chi connectivity index (χ4v) is 1.91. The van der Waals surface area contributed by atoms with Gasteiger partial charge in [0.15, 0.2) is 0 Å². The fraction of sp³-hybridized carbons (Fsp3) is 0.286. The summed E-state index contributed by atoms with van der Waals surface area (Å²) in [6.07, 6.45) is 0.652. The van der Waals surface area contributed by atoms with Crippen LogP contribution in [-0.4, -0.2) is 17.0 Å². The highest BCUT2D eigenvalue weighted by Crippen LogP contribution is 2.10. The minimum Gasteiger partial charge on any atom is -0.314 e.